The molecule has 0 radical (unpaired) electrons. The van der Waals surface area contributed by atoms with Crippen molar-refractivity contribution in [2.45, 2.75) is 11.7 Å². The highest BCUT2D eigenvalue weighted by Gasteiger charge is 1.97. The number of ether oxygens (including phenoxy) is 1. The fourth-order valence-electron chi connectivity index (χ4n) is 1.35. The van der Waals surface area contributed by atoms with Gasteiger partial charge in [0, 0.05) is 24.7 Å². The van der Waals surface area contributed by atoms with E-state index in [1.54, 1.807) is 18.0 Å². The lowest BCUT2D eigenvalue weighted by molar-refractivity contribution is 0.344. The number of H-pyrrole nitrogens is 1. The molecule has 0 atom stereocenters. The summed E-state index contributed by atoms with van der Waals surface area (Å²) in [6, 6.07) is 7.85. The van der Waals surface area contributed by atoms with Gasteiger partial charge in [0.1, 0.15) is 5.75 Å². The van der Waals surface area contributed by atoms with E-state index in [9.17, 15) is 0 Å². The average Bonchev–Trinajstić information content (AvgIpc) is 2.88. The fraction of sp³-hybridized carbons (Fsp3) is 0.250. The Morgan fingerprint density at radius 1 is 1.29 bits per heavy atom. The third kappa shape index (κ3) is 3.80. The van der Waals surface area contributed by atoms with Crippen LogP contribution in [0.2, 0.25) is 0 Å². The second-order valence-corrected chi connectivity index (χ2v) is 4.52. The standard InChI is InChI=1S/C12H15N3OS/c13-9-10-1-3-11(4-2-10)16-7-8-17-12-14-5-6-15-12/h1-6H,7-9,13H2,(H,14,15). The molecular weight excluding hydrogens is 234 g/mol. The van der Waals surface area contributed by atoms with Crippen LogP contribution < -0.4 is 10.5 Å². The molecule has 2 aromatic rings. The Labute approximate surface area is 105 Å². The van der Waals surface area contributed by atoms with Crippen LogP contribution >= 0.6 is 11.8 Å². The van der Waals surface area contributed by atoms with Crippen molar-refractivity contribution in [2.24, 2.45) is 5.73 Å². The number of rotatable bonds is 6. The van der Waals surface area contributed by atoms with Gasteiger partial charge in [0.15, 0.2) is 5.16 Å². The van der Waals surface area contributed by atoms with Crippen molar-refractivity contribution in [1.82, 2.24) is 9.97 Å². The van der Waals surface area contributed by atoms with Crippen molar-refractivity contribution in [3.8, 4) is 5.75 Å². The van der Waals surface area contributed by atoms with Gasteiger partial charge >= 0.3 is 0 Å². The monoisotopic (exact) mass is 249 g/mol. The number of imidazole rings is 1. The molecule has 0 bridgehead atoms. The molecule has 0 saturated carbocycles. The molecular formula is C12H15N3OS. The average molecular weight is 249 g/mol. The Hall–Kier alpha value is -1.46. The van der Waals surface area contributed by atoms with Gasteiger partial charge < -0.3 is 15.5 Å². The lowest BCUT2D eigenvalue weighted by Gasteiger charge is -2.05. The molecule has 2 rings (SSSR count). The van der Waals surface area contributed by atoms with Gasteiger partial charge in [-0.1, -0.05) is 23.9 Å². The molecule has 0 fully saturated rings. The zero-order valence-electron chi connectivity index (χ0n) is 9.43. The maximum absolute atomic E-state index is 5.60. The first kappa shape index (κ1) is 12.0. The minimum Gasteiger partial charge on any atom is -0.493 e. The van der Waals surface area contributed by atoms with Crippen LogP contribution in [0.25, 0.3) is 0 Å². The van der Waals surface area contributed by atoms with Crippen LogP contribution in [0.4, 0.5) is 0 Å². The van der Waals surface area contributed by atoms with Crippen molar-refractivity contribution in [1.29, 1.82) is 0 Å². The van der Waals surface area contributed by atoms with Crippen LogP contribution in [0.1, 0.15) is 5.56 Å². The third-order valence-corrected chi connectivity index (χ3v) is 3.09. The molecule has 0 amide bonds. The molecule has 5 heteroatoms. The number of nitrogens with one attached hydrogen (secondary N) is 1. The Morgan fingerprint density at radius 2 is 2.12 bits per heavy atom. The second kappa shape index (κ2) is 6.32. The van der Waals surface area contributed by atoms with Crippen molar-refractivity contribution in [3.63, 3.8) is 0 Å². The smallest absolute Gasteiger partial charge is 0.165 e. The SMILES string of the molecule is NCc1ccc(OCCSc2ncc[nH]2)cc1. The molecule has 1 aromatic carbocycles. The number of hydrogen-bond acceptors (Lipinski definition) is 4. The zero-order valence-corrected chi connectivity index (χ0v) is 10.2. The molecule has 0 spiro atoms. The van der Waals surface area contributed by atoms with Crippen molar-refractivity contribution < 1.29 is 4.74 Å². The Bertz CT molecular complexity index is 428. The summed E-state index contributed by atoms with van der Waals surface area (Å²) in [5.41, 5.74) is 6.63. The molecule has 0 aliphatic carbocycles. The quantitative estimate of drug-likeness (QED) is 0.607. The molecule has 0 saturated heterocycles. The summed E-state index contributed by atoms with van der Waals surface area (Å²) in [6.07, 6.45) is 3.56. The van der Waals surface area contributed by atoms with Crippen LogP contribution in [0, 0.1) is 0 Å². The lowest BCUT2D eigenvalue weighted by atomic mass is 10.2. The van der Waals surface area contributed by atoms with Crippen LogP contribution in [0.15, 0.2) is 41.8 Å². The number of benzene rings is 1. The predicted molar refractivity (Wildman–Crippen MR) is 69.1 cm³/mol. The van der Waals surface area contributed by atoms with E-state index in [1.165, 1.54) is 0 Å². The van der Waals surface area contributed by atoms with Crippen molar-refractivity contribution in [2.75, 3.05) is 12.4 Å². The summed E-state index contributed by atoms with van der Waals surface area (Å²) in [4.78, 5) is 7.15. The minimum atomic E-state index is 0.564. The van der Waals surface area contributed by atoms with E-state index >= 15 is 0 Å². The number of nitrogens with zero attached hydrogens (tertiary/aromatic N) is 1. The Morgan fingerprint density at radius 3 is 2.76 bits per heavy atom. The Balaban J connectivity index is 1.70. The zero-order chi connectivity index (χ0) is 11.9. The molecule has 0 aliphatic heterocycles. The fourth-order valence-corrected chi connectivity index (χ4v) is 2.00. The molecule has 3 N–H and O–H groups in total. The van der Waals surface area contributed by atoms with Gasteiger partial charge in [-0.25, -0.2) is 4.98 Å². The van der Waals surface area contributed by atoms with Crippen LogP contribution in [0.3, 0.4) is 0 Å². The molecule has 17 heavy (non-hydrogen) atoms. The molecule has 0 unspecified atom stereocenters. The van der Waals surface area contributed by atoms with Gasteiger partial charge in [-0.3, -0.25) is 0 Å². The topological polar surface area (TPSA) is 63.9 Å². The highest BCUT2D eigenvalue weighted by atomic mass is 32.2. The summed E-state index contributed by atoms with van der Waals surface area (Å²) in [5.74, 6) is 1.74. The first-order valence-corrected chi connectivity index (χ1v) is 6.41. The van der Waals surface area contributed by atoms with E-state index in [2.05, 4.69) is 9.97 Å². The number of aromatic amines is 1. The number of nitrogens with two attached hydrogens (primary N) is 1. The number of aromatic nitrogens is 2. The van der Waals surface area contributed by atoms with Gasteiger partial charge in [-0.05, 0) is 17.7 Å². The van der Waals surface area contributed by atoms with E-state index in [0.717, 1.165) is 22.2 Å². The van der Waals surface area contributed by atoms with E-state index < -0.39 is 0 Å². The van der Waals surface area contributed by atoms with Gasteiger partial charge in [-0.15, -0.1) is 0 Å². The molecule has 4 nitrogen and oxygen atoms in total. The first-order valence-electron chi connectivity index (χ1n) is 5.42. The third-order valence-electron chi connectivity index (χ3n) is 2.22. The normalized spacial score (nSPS) is 10.4. The number of hydrogen-bond donors (Lipinski definition) is 2. The highest BCUT2D eigenvalue weighted by molar-refractivity contribution is 7.99. The van der Waals surface area contributed by atoms with E-state index in [0.29, 0.717) is 13.2 Å². The maximum atomic E-state index is 5.60. The second-order valence-electron chi connectivity index (χ2n) is 3.44. The maximum Gasteiger partial charge on any atom is 0.165 e. The Kier molecular flexibility index (Phi) is 4.46. The van der Waals surface area contributed by atoms with Crippen LogP contribution in [-0.2, 0) is 6.54 Å². The molecule has 0 aliphatic rings. The lowest BCUT2D eigenvalue weighted by Crippen LogP contribution is -2.01. The summed E-state index contributed by atoms with van der Waals surface area (Å²) in [6.45, 7) is 1.22. The predicted octanol–water partition coefficient (Wildman–Crippen LogP) is 2.04. The number of thioether (sulfide) groups is 1. The first-order chi connectivity index (χ1) is 8.38. The van der Waals surface area contributed by atoms with E-state index in [4.69, 9.17) is 10.5 Å². The van der Waals surface area contributed by atoms with Crippen LogP contribution in [-0.4, -0.2) is 22.3 Å². The largest absolute Gasteiger partial charge is 0.493 e. The summed E-state index contributed by atoms with van der Waals surface area (Å²) in [5, 5.41) is 0.923. The summed E-state index contributed by atoms with van der Waals surface area (Å²) >= 11 is 1.64. The van der Waals surface area contributed by atoms with Gasteiger partial charge in [0.25, 0.3) is 0 Å². The van der Waals surface area contributed by atoms with Gasteiger partial charge in [0.05, 0.1) is 6.61 Å². The highest BCUT2D eigenvalue weighted by Crippen LogP contribution is 2.14. The van der Waals surface area contributed by atoms with Gasteiger partial charge in [0.2, 0.25) is 0 Å². The van der Waals surface area contributed by atoms with E-state index in [-0.39, 0.29) is 0 Å². The van der Waals surface area contributed by atoms with Crippen molar-refractivity contribution in [3.05, 3.63) is 42.2 Å². The van der Waals surface area contributed by atoms with Gasteiger partial charge in [-0.2, -0.15) is 0 Å². The van der Waals surface area contributed by atoms with Crippen LogP contribution in [0.5, 0.6) is 5.75 Å². The molecule has 1 heterocycles. The minimum absolute atomic E-state index is 0.564. The molecule has 90 valence electrons. The summed E-state index contributed by atoms with van der Waals surface area (Å²) in [7, 11) is 0. The molecule has 1 aromatic heterocycles. The van der Waals surface area contributed by atoms with Crippen molar-refractivity contribution >= 4 is 11.8 Å². The summed E-state index contributed by atoms with van der Waals surface area (Å²) < 4.78 is 5.60. The van der Waals surface area contributed by atoms with E-state index in [1.807, 2.05) is 30.5 Å².